The summed E-state index contributed by atoms with van der Waals surface area (Å²) in [7, 11) is 0. The van der Waals surface area contributed by atoms with E-state index in [0.29, 0.717) is 17.8 Å². The van der Waals surface area contributed by atoms with Crippen molar-refractivity contribution in [1.29, 1.82) is 0 Å². The van der Waals surface area contributed by atoms with Gasteiger partial charge in [-0.05, 0) is 12.8 Å². The molecule has 0 amide bonds. The van der Waals surface area contributed by atoms with Crippen LogP contribution in [0.2, 0.25) is 0 Å². The Hall–Kier alpha value is -1.40. The van der Waals surface area contributed by atoms with Crippen molar-refractivity contribution in [1.82, 2.24) is 20.2 Å². The number of hydrogen-bond donors (Lipinski definition) is 3. The molecule has 0 aliphatic carbocycles. The van der Waals surface area contributed by atoms with Gasteiger partial charge < -0.3 is 15.4 Å². The Kier molecular flexibility index (Phi) is 4.55. The molecule has 6 nitrogen and oxygen atoms in total. The molecule has 0 aromatic carbocycles. The molecular weight excluding hydrogens is 244 g/mol. The maximum atomic E-state index is 11.9. The number of nitrogens with one attached hydrogen (secondary N) is 2. The fraction of sp³-hybridized carbons (Fsp3) is 0.692. The van der Waals surface area contributed by atoms with Gasteiger partial charge in [-0.2, -0.15) is 4.98 Å². The molecule has 0 saturated carbocycles. The third kappa shape index (κ3) is 2.96. The molecule has 2 heterocycles. The highest BCUT2D eigenvalue weighted by atomic mass is 16.3. The van der Waals surface area contributed by atoms with Crippen LogP contribution in [0, 0.1) is 0 Å². The number of aromatic amines is 1. The van der Waals surface area contributed by atoms with E-state index in [9.17, 15) is 9.90 Å². The third-order valence-corrected chi connectivity index (χ3v) is 3.66. The zero-order valence-corrected chi connectivity index (χ0v) is 11.6. The summed E-state index contributed by atoms with van der Waals surface area (Å²) < 4.78 is 0. The molecule has 2 rings (SSSR count). The quantitative estimate of drug-likeness (QED) is 0.734. The Morgan fingerprint density at radius 1 is 1.37 bits per heavy atom. The number of hydrogen-bond acceptors (Lipinski definition) is 5. The molecule has 0 bridgehead atoms. The maximum absolute atomic E-state index is 11.9. The molecule has 106 valence electrons. The number of nitrogens with zero attached hydrogens (tertiary/aromatic N) is 2. The highest BCUT2D eigenvalue weighted by Gasteiger charge is 2.23. The first-order valence-electron chi connectivity index (χ1n) is 6.94. The fourth-order valence-electron chi connectivity index (χ4n) is 2.60. The Bertz CT molecular complexity index is 480. The lowest BCUT2D eigenvalue weighted by Crippen LogP contribution is -2.45. The van der Waals surface area contributed by atoms with Crippen LogP contribution in [0.5, 0.6) is 5.88 Å². The van der Waals surface area contributed by atoms with E-state index in [1.165, 1.54) is 0 Å². The van der Waals surface area contributed by atoms with Crippen LogP contribution < -0.4 is 10.9 Å². The molecule has 0 spiro atoms. The third-order valence-electron chi connectivity index (χ3n) is 3.66. The summed E-state index contributed by atoms with van der Waals surface area (Å²) in [5.41, 5.74) is 0.137. The molecule has 0 radical (unpaired) electrons. The van der Waals surface area contributed by atoms with Gasteiger partial charge in [0.25, 0.3) is 5.56 Å². The lowest BCUT2D eigenvalue weighted by Gasteiger charge is -2.33. The molecule has 1 aliphatic heterocycles. The second kappa shape index (κ2) is 6.16. The number of aromatic hydroxyl groups is 1. The Balaban J connectivity index is 2.30. The monoisotopic (exact) mass is 266 g/mol. The topological polar surface area (TPSA) is 81.2 Å². The summed E-state index contributed by atoms with van der Waals surface area (Å²) in [6.07, 6.45) is 1.34. The minimum absolute atomic E-state index is 0.0617. The Morgan fingerprint density at radius 2 is 2.05 bits per heavy atom. The van der Waals surface area contributed by atoms with E-state index in [2.05, 4.69) is 27.1 Å². The zero-order chi connectivity index (χ0) is 13.8. The first-order valence-corrected chi connectivity index (χ1v) is 6.94. The number of aromatic nitrogens is 2. The molecular formula is C13H22N4O2. The van der Waals surface area contributed by atoms with E-state index >= 15 is 0 Å². The van der Waals surface area contributed by atoms with Crippen molar-refractivity contribution < 1.29 is 5.11 Å². The molecule has 1 aliphatic rings. The summed E-state index contributed by atoms with van der Waals surface area (Å²) in [5, 5.41) is 13.2. The van der Waals surface area contributed by atoms with Crippen LogP contribution in [0.15, 0.2) is 4.79 Å². The largest absolute Gasteiger partial charge is 0.493 e. The van der Waals surface area contributed by atoms with Gasteiger partial charge in [0, 0.05) is 26.2 Å². The van der Waals surface area contributed by atoms with Gasteiger partial charge in [0.2, 0.25) is 5.88 Å². The standard InChI is InChI=1S/C13H22N4O2/c1-3-9-12(18)15-11(16-13(9)19)10(4-2)17-7-5-14-6-8-17/h10,14H,3-8H2,1-2H3,(H2,15,16,18,19). The number of H-pyrrole nitrogens is 1. The molecule has 1 saturated heterocycles. The molecule has 1 aromatic rings. The second-order valence-corrected chi connectivity index (χ2v) is 4.82. The summed E-state index contributed by atoms with van der Waals surface area (Å²) >= 11 is 0. The van der Waals surface area contributed by atoms with Crippen molar-refractivity contribution in [3.05, 3.63) is 21.7 Å². The van der Waals surface area contributed by atoms with Gasteiger partial charge in [0.15, 0.2) is 0 Å². The van der Waals surface area contributed by atoms with Crippen molar-refractivity contribution >= 4 is 0 Å². The summed E-state index contributed by atoms with van der Waals surface area (Å²) in [4.78, 5) is 21.2. The van der Waals surface area contributed by atoms with Crippen LogP contribution in [0.4, 0.5) is 0 Å². The van der Waals surface area contributed by atoms with Crippen molar-refractivity contribution in [2.24, 2.45) is 0 Å². The van der Waals surface area contributed by atoms with E-state index < -0.39 is 0 Å². The van der Waals surface area contributed by atoms with Crippen molar-refractivity contribution in [2.75, 3.05) is 26.2 Å². The first kappa shape index (κ1) is 14.0. The predicted octanol–water partition coefficient (Wildman–Crippen LogP) is 0.394. The highest BCUT2D eigenvalue weighted by Crippen LogP contribution is 2.22. The molecule has 6 heteroatoms. The van der Waals surface area contributed by atoms with Crippen LogP contribution >= 0.6 is 0 Å². The van der Waals surface area contributed by atoms with E-state index in [1.807, 2.05) is 6.92 Å². The van der Waals surface area contributed by atoms with Crippen LogP contribution in [0.1, 0.15) is 37.7 Å². The van der Waals surface area contributed by atoms with Crippen LogP contribution in [-0.2, 0) is 6.42 Å². The SMILES string of the molecule is CCc1c(O)nc(C(CC)N2CCNCC2)[nH]c1=O. The Morgan fingerprint density at radius 3 is 2.58 bits per heavy atom. The van der Waals surface area contributed by atoms with Gasteiger partial charge in [-0.3, -0.25) is 9.69 Å². The van der Waals surface area contributed by atoms with Gasteiger partial charge in [-0.1, -0.05) is 13.8 Å². The van der Waals surface area contributed by atoms with Crippen LogP contribution in [-0.4, -0.2) is 46.2 Å². The smallest absolute Gasteiger partial charge is 0.257 e. The lowest BCUT2D eigenvalue weighted by molar-refractivity contribution is 0.161. The van der Waals surface area contributed by atoms with Crippen molar-refractivity contribution in [3.63, 3.8) is 0 Å². The van der Waals surface area contributed by atoms with Crippen LogP contribution in [0.25, 0.3) is 0 Å². The van der Waals surface area contributed by atoms with Gasteiger partial charge in [0.1, 0.15) is 5.82 Å². The van der Waals surface area contributed by atoms with Gasteiger partial charge in [-0.15, -0.1) is 0 Å². The van der Waals surface area contributed by atoms with Gasteiger partial charge >= 0.3 is 0 Å². The minimum Gasteiger partial charge on any atom is -0.493 e. The van der Waals surface area contributed by atoms with E-state index in [-0.39, 0.29) is 17.5 Å². The Labute approximate surface area is 112 Å². The summed E-state index contributed by atoms with van der Waals surface area (Å²) in [6.45, 7) is 7.65. The molecule has 1 aromatic heterocycles. The second-order valence-electron chi connectivity index (χ2n) is 4.82. The van der Waals surface area contributed by atoms with Crippen molar-refractivity contribution in [3.8, 4) is 5.88 Å². The first-order chi connectivity index (χ1) is 9.17. The van der Waals surface area contributed by atoms with E-state index in [1.54, 1.807) is 0 Å². The zero-order valence-electron chi connectivity index (χ0n) is 11.6. The summed E-state index contributed by atoms with van der Waals surface area (Å²) in [6, 6.07) is 0.0617. The summed E-state index contributed by atoms with van der Waals surface area (Å²) in [5.74, 6) is 0.443. The molecule has 3 N–H and O–H groups in total. The predicted molar refractivity (Wildman–Crippen MR) is 73.4 cm³/mol. The lowest BCUT2D eigenvalue weighted by atomic mass is 10.1. The molecule has 1 atom stereocenters. The average Bonchev–Trinajstić information content (AvgIpc) is 2.40. The number of piperazine rings is 1. The molecule has 19 heavy (non-hydrogen) atoms. The maximum Gasteiger partial charge on any atom is 0.257 e. The van der Waals surface area contributed by atoms with Gasteiger partial charge in [-0.25, -0.2) is 0 Å². The highest BCUT2D eigenvalue weighted by molar-refractivity contribution is 5.23. The number of rotatable bonds is 4. The molecule has 1 fully saturated rings. The van der Waals surface area contributed by atoms with Gasteiger partial charge in [0.05, 0.1) is 11.6 Å². The average molecular weight is 266 g/mol. The van der Waals surface area contributed by atoms with Crippen LogP contribution in [0.3, 0.4) is 0 Å². The van der Waals surface area contributed by atoms with E-state index in [4.69, 9.17) is 0 Å². The molecule has 1 unspecified atom stereocenters. The van der Waals surface area contributed by atoms with E-state index in [0.717, 1.165) is 32.6 Å². The normalized spacial score (nSPS) is 18.4. The van der Waals surface area contributed by atoms with Crippen molar-refractivity contribution in [2.45, 2.75) is 32.7 Å². The minimum atomic E-state index is -0.224. The fourth-order valence-corrected chi connectivity index (χ4v) is 2.60.